The lowest BCUT2D eigenvalue weighted by atomic mass is 10.1. The first-order valence-corrected chi connectivity index (χ1v) is 7.92. The quantitative estimate of drug-likeness (QED) is 0.439. The molecule has 0 aliphatic rings. The van der Waals surface area contributed by atoms with Gasteiger partial charge in [0.1, 0.15) is 0 Å². The second-order valence-corrected chi connectivity index (χ2v) is 5.22. The minimum atomic E-state index is 0.802. The highest BCUT2D eigenvalue weighted by Gasteiger charge is 2.00. The fourth-order valence-electron chi connectivity index (χ4n) is 2.16. The lowest BCUT2D eigenvalue weighted by Crippen LogP contribution is -2.38. The van der Waals surface area contributed by atoms with Crippen molar-refractivity contribution >= 4 is 5.96 Å². The van der Waals surface area contributed by atoms with Crippen LogP contribution in [0.3, 0.4) is 0 Å². The van der Waals surface area contributed by atoms with Gasteiger partial charge in [0.25, 0.3) is 0 Å². The Hall–Kier alpha value is -1.55. The zero-order valence-corrected chi connectivity index (χ0v) is 13.9. The van der Waals surface area contributed by atoms with Crippen LogP contribution in [-0.4, -0.2) is 44.1 Å². The molecule has 4 heteroatoms. The molecule has 0 fully saturated rings. The highest BCUT2D eigenvalue weighted by molar-refractivity contribution is 5.79. The number of nitrogens with one attached hydrogen (secondary N) is 2. The molecule has 0 radical (unpaired) electrons. The minimum absolute atomic E-state index is 0.802. The first kappa shape index (κ1) is 17.5. The molecule has 2 N–H and O–H groups in total. The van der Waals surface area contributed by atoms with Crippen LogP contribution >= 0.6 is 0 Å². The molecule has 0 aliphatic heterocycles. The molecule has 0 unspecified atom stereocenters. The monoisotopic (exact) mass is 290 g/mol. The molecule has 0 atom stereocenters. The lowest BCUT2D eigenvalue weighted by Gasteiger charge is -2.18. The number of guanidine groups is 1. The largest absolute Gasteiger partial charge is 0.356 e. The molecule has 1 aromatic rings. The molecule has 1 aromatic carbocycles. The molecule has 1 rings (SSSR count). The third-order valence-electron chi connectivity index (χ3n) is 3.64. The topological polar surface area (TPSA) is 39.7 Å². The van der Waals surface area contributed by atoms with Gasteiger partial charge in [-0.3, -0.25) is 4.99 Å². The van der Waals surface area contributed by atoms with Crippen molar-refractivity contribution in [2.45, 2.75) is 33.7 Å². The van der Waals surface area contributed by atoms with Crippen molar-refractivity contribution in [1.29, 1.82) is 0 Å². The Kier molecular flexibility index (Phi) is 8.51. The van der Waals surface area contributed by atoms with Crippen molar-refractivity contribution in [3.63, 3.8) is 0 Å². The van der Waals surface area contributed by atoms with Crippen LogP contribution in [0.25, 0.3) is 0 Å². The zero-order valence-electron chi connectivity index (χ0n) is 13.9. The molecular weight excluding hydrogens is 260 g/mol. The second-order valence-electron chi connectivity index (χ2n) is 5.22. The van der Waals surface area contributed by atoms with E-state index in [0.717, 1.165) is 45.1 Å². The minimum Gasteiger partial charge on any atom is -0.356 e. The van der Waals surface area contributed by atoms with Crippen LogP contribution in [0.4, 0.5) is 0 Å². The summed E-state index contributed by atoms with van der Waals surface area (Å²) < 4.78 is 0. The number of hydrogen-bond donors (Lipinski definition) is 2. The van der Waals surface area contributed by atoms with Crippen molar-refractivity contribution < 1.29 is 0 Å². The van der Waals surface area contributed by atoms with Gasteiger partial charge in [0.05, 0.1) is 0 Å². The van der Waals surface area contributed by atoms with Gasteiger partial charge in [-0.2, -0.15) is 0 Å². The molecule has 0 spiro atoms. The number of aliphatic imine (C=N–C) groups is 1. The first-order chi connectivity index (χ1) is 10.2. The fourth-order valence-corrected chi connectivity index (χ4v) is 2.16. The molecule has 0 aromatic heterocycles. The van der Waals surface area contributed by atoms with Crippen molar-refractivity contribution in [1.82, 2.24) is 15.5 Å². The second kappa shape index (κ2) is 10.2. The Bertz CT molecular complexity index is 407. The van der Waals surface area contributed by atoms with E-state index in [0.29, 0.717) is 0 Å². The summed E-state index contributed by atoms with van der Waals surface area (Å²) in [5.41, 5.74) is 2.56. The SMILES string of the molecule is CCN(CC)CCCNC(=NC)NCc1ccc(C)cc1. The van der Waals surface area contributed by atoms with Crippen molar-refractivity contribution in [2.75, 3.05) is 33.2 Å². The van der Waals surface area contributed by atoms with E-state index < -0.39 is 0 Å². The molecule has 0 saturated heterocycles. The van der Waals surface area contributed by atoms with Gasteiger partial charge in [-0.25, -0.2) is 0 Å². The Labute approximate surface area is 129 Å². The number of nitrogens with zero attached hydrogens (tertiary/aromatic N) is 2. The summed E-state index contributed by atoms with van der Waals surface area (Å²) in [4.78, 5) is 6.69. The summed E-state index contributed by atoms with van der Waals surface area (Å²) in [7, 11) is 1.81. The number of aryl methyl sites for hydroxylation is 1. The van der Waals surface area contributed by atoms with Crippen LogP contribution in [0, 0.1) is 6.92 Å². The van der Waals surface area contributed by atoms with Gasteiger partial charge in [-0.15, -0.1) is 0 Å². The number of hydrogen-bond acceptors (Lipinski definition) is 2. The molecule has 0 bridgehead atoms. The highest BCUT2D eigenvalue weighted by atomic mass is 15.2. The van der Waals surface area contributed by atoms with E-state index in [-0.39, 0.29) is 0 Å². The number of benzene rings is 1. The Balaban J connectivity index is 2.24. The van der Waals surface area contributed by atoms with Crippen LogP contribution in [0.15, 0.2) is 29.3 Å². The van der Waals surface area contributed by atoms with Gasteiger partial charge in [-0.1, -0.05) is 43.7 Å². The third-order valence-corrected chi connectivity index (χ3v) is 3.64. The van der Waals surface area contributed by atoms with Gasteiger partial charge in [0, 0.05) is 20.1 Å². The first-order valence-electron chi connectivity index (χ1n) is 7.92. The van der Waals surface area contributed by atoms with E-state index in [9.17, 15) is 0 Å². The summed E-state index contributed by atoms with van der Waals surface area (Å²) in [5, 5.41) is 6.71. The van der Waals surface area contributed by atoms with E-state index in [2.05, 4.69) is 65.6 Å². The smallest absolute Gasteiger partial charge is 0.191 e. The van der Waals surface area contributed by atoms with Crippen LogP contribution in [-0.2, 0) is 6.54 Å². The Morgan fingerprint density at radius 1 is 1.10 bits per heavy atom. The summed E-state index contributed by atoms with van der Waals surface area (Å²) in [6.45, 7) is 11.6. The maximum atomic E-state index is 4.26. The molecule has 0 heterocycles. The average molecular weight is 290 g/mol. The Morgan fingerprint density at radius 3 is 2.33 bits per heavy atom. The van der Waals surface area contributed by atoms with E-state index >= 15 is 0 Å². The molecule has 21 heavy (non-hydrogen) atoms. The van der Waals surface area contributed by atoms with Crippen molar-refractivity contribution in [2.24, 2.45) is 4.99 Å². The summed E-state index contributed by atoms with van der Waals surface area (Å²) in [5.74, 6) is 0.870. The third kappa shape index (κ3) is 7.14. The lowest BCUT2D eigenvalue weighted by molar-refractivity contribution is 0.300. The molecule has 0 amide bonds. The van der Waals surface area contributed by atoms with Gasteiger partial charge in [0.2, 0.25) is 0 Å². The van der Waals surface area contributed by atoms with Crippen LogP contribution in [0.1, 0.15) is 31.4 Å². The average Bonchev–Trinajstić information content (AvgIpc) is 2.52. The predicted octanol–water partition coefficient (Wildman–Crippen LogP) is 2.39. The zero-order chi connectivity index (χ0) is 15.5. The van der Waals surface area contributed by atoms with E-state index in [1.165, 1.54) is 11.1 Å². The van der Waals surface area contributed by atoms with Crippen LogP contribution in [0.5, 0.6) is 0 Å². The van der Waals surface area contributed by atoms with E-state index in [1.54, 1.807) is 0 Å². The molecule has 118 valence electrons. The van der Waals surface area contributed by atoms with E-state index in [1.807, 2.05) is 7.05 Å². The van der Waals surface area contributed by atoms with Crippen LogP contribution < -0.4 is 10.6 Å². The normalized spacial score (nSPS) is 11.8. The molecule has 0 aliphatic carbocycles. The van der Waals surface area contributed by atoms with E-state index in [4.69, 9.17) is 0 Å². The highest BCUT2D eigenvalue weighted by Crippen LogP contribution is 2.02. The number of rotatable bonds is 8. The molecular formula is C17H30N4. The fraction of sp³-hybridized carbons (Fsp3) is 0.588. The molecule has 4 nitrogen and oxygen atoms in total. The summed E-state index contributed by atoms with van der Waals surface area (Å²) >= 11 is 0. The van der Waals surface area contributed by atoms with Gasteiger partial charge >= 0.3 is 0 Å². The molecule has 0 saturated carbocycles. The van der Waals surface area contributed by atoms with Crippen molar-refractivity contribution in [3.05, 3.63) is 35.4 Å². The van der Waals surface area contributed by atoms with Gasteiger partial charge < -0.3 is 15.5 Å². The van der Waals surface area contributed by atoms with Crippen LogP contribution in [0.2, 0.25) is 0 Å². The van der Waals surface area contributed by atoms with Gasteiger partial charge in [0.15, 0.2) is 5.96 Å². The summed E-state index contributed by atoms with van der Waals surface area (Å²) in [6, 6.07) is 8.57. The van der Waals surface area contributed by atoms with Gasteiger partial charge in [-0.05, 0) is 38.5 Å². The summed E-state index contributed by atoms with van der Waals surface area (Å²) in [6.07, 6.45) is 1.13. The standard InChI is InChI=1S/C17H30N4/c1-5-21(6-2)13-7-12-19-17(18-4)20-14-16-10-8-15(3)9-11-16/h8-11H,5-7,12-14H2,1-4H3,(H2,18,19,20). The maximum absolute atomic E-state index is 4.26. The maximum Gasteiger partial charge on any atom is 0.191 e. The van der Waals surface area contributed by atoms with Crippen molar-refractivity contribution in [3.8, 4) is 0 Å². The predicted molar refractivity (Wildman–Crippen MR) is 91.8 cm³/mol. The Morgan fingerprint density at radius 2 is 1.76 bits per heavy atom.